The lowest BCUT2D eigenvalue weighted by Gasteiger charge is -2.01. The van der Waals surface area contributed by atoms with E-state index in [0.29, 0.717) is 28.1 Å². The number of hydrogen-bond acceptors (Lipinski definition) is 3. The van der Waals surface area contributed by atoms with Crippen LogP contribution in [0.25, 0.3) is 0 Å². The van der Waals surface area contributed by atoms with Gasteiger partial charge in [0.1, 0.15) is 5.82 Å². The van der Waals surface area contributed by atoms with Crippen molar-refractivity contribution in [2.24, 2.45) is 0 Å². The second kappa shape index (κ2) is 5.17. The zero-order valence-corrected chi connectivity index (χ0v) is 10.3. The zero-order chi connectivity index (χ0) is 12.3. The van der Waals surface area contributed by atoms with Crippen molar-refractivity contribution in [2.75, 3.05) is 0 Å². The van der Waals surface area contributed by atoms with E-state index >= 15 is 0 Å². The van der Waals surface area contributed by atoms with E-state index < -0.39 is 0 Å². The fraction of sp³-hybridized carbons (Fsp3) is 0.182. The molecule has 86 valence electrons. The molecular formula is C11H8Cl2N4. The van der Waals surface area contributed by atoms with Crippen molar-refractivity contribution in [1.82, 2.24) is 15.2 Å². The van der Waals surface area contributed by atoms with Crippen LogP contribution >= 0.6 is 23.2 Å². The minimum absolute atomic E-state index is 0.199. The highest BCUT2D eigenvalue weighted by molar-refractivity contribution is 6.35. The normalized spacial score (nSPS) is 10.2. The van der Waals surface area contributed by atoms with Crippen molar-refractivity contribution < 1.29 is 0 Å². The number of H-pyrrole nitrogens is 1. The highest BCUT2D eigenvalue weighted by Gasteiger charge is 2.07. The quantitative estimate of drug-likeness (QED) is 0.929. The number of nitriles is 1. The maximum Gasteiger partial charge on any atom is 0.164 e. The van der Waals surface area contributed by atoms with Gasteiger partial charge in [-0.05, 0) is 17.7 Å². The standard InChI is InChI=1S/C11H8Cl2N4/c12-8-2-1-7(9(13)6-8)5-11-15-10(3-4-14)16-17-11/h1-2,6H,3,5H2,(H,15,16,17). The average Bonchev–Trinajstić information content (AvgIpc) is 2.71. The molecule has 6 heteroatoms. The van der Waals surface area contributed by atoms with E-state index in [9.17, 15) is 0 Å². The number of aromatic nitrogens is 3. The predicted molar refractivity (Wildman–Crippen MR) is 65.0 cm³/mol. The highest BCUT2D eigenvalue weighted by Crippen LogP contribution is 2.22. The molecule has 0 aliphatic heterocycles. The Morgan fingerprint density at radius 3 is 2.88 bits per heavy atom. The number of hydrogen-bond donors (Lipinski definition) is 1. The van der Waals surface area contributed by atoms with E-state index in [1.807, 2.05) is 12.1 Å². The molecule has 0 fully saturated rings. The van der Waals surface area contributed by atoms with E-state index in [1.165, 1.54) is 0 Å². The van der Waals surface area contributed by atoms with Crippen molar-refractivity contribution in [2.45, 2.75) is 12.8 Å². The van der Waals surface area contributed by atoms with Gasteiger partial charge in [-0.3, -0.25) is 5.10 Å². The highest BCUT2D eigenvalue weighted by atomic mass is 35.5. The molecule has 2 aromatic rings. The first kappa shape index (κ1) is 11.9. The average molecular weight is 267 g/mol. The molecule has 0 bridgehead atoms. The van der Waals surface area contributed by atoms with Crippen LogP contribution in [0.1, 0.15) is 17.2 Å². The van der Waals surface area contributed by atoms with Gasteiger partial charge in [-0.15, -0.1) is 0 Å². The number of nitrogens with zero attached hydrogens (tertiary/aromatic N) is 3. The Morgan fingerprint density at radius 1 is 1.35 bits per heavy atom. The van der Waals surface area contributed by atoms with Crippen LogP contribution in [0, 0.1) is 11.3 Å². The molecule has 1 heterocycles. The van der Waals surface area contributed by atoms with Crippen molar-refractivity contribution in [1.29, 1.82) is 5.26 Å². The Labute approximate surface area is 108 Å². The maximum absolute atomic E-state index is 8.51. The molecule has 0 radical (unpaired) electrons. The van der Waals surface area contributed by atoms with Gasteiger partial charge in [0, 0.05) is 16.5 Å². The van der Waals surface area contributed by atoms with Gasteiger partial charge in [0.15, 0.2) is 5.82 Å². The molecule has 0 saturated heterocycles. The van der Waals surface area contributed by atoms with Gasteiger partial charge in [-0.2, -0.15) is 10.4 Å². The largest absolute Gasteiger partial charge is 0.263 e. The first-order valence-corrected chi connectivity index (χ1v) is 5.65. The van der Waals surface area contributed by atoms with Crippen molar-refractivity contribution >= 4 is 23.2 Å². The van der Waals surface area contributed by atoms with Gasteiger partial charge in [-0.1, -0.05) is 29.3 Å². The van der Waals surface area contributed by atoms with Crippen LogP contribution in [-0.4, -0.2) is 15.2 Å². The fourth-order valence-electron chi connectivity index (χ4n) is 1.41. The summed E-state index contributed by atoms with van der Waals surface area (Å²) in [5.74, 6) is 1.17. The Balaban J connectivity index is 2.17. The summed E-state index contributed by atoms with van der Waals surface area (Å²) < 4.78 is 0. The second-order valence-electron chi connectivity index (χ2n) is 3.45. The van der Waals surface area contributed by atoms with Crippen LogP contribution in [0.4, 0.5) is 0 Å². The van der Waals surface area contributed by atoms with Gasteiger partial charge in [0.2, 0.25) is 0 Å². The van der Waals surface area contributed by atoms with E-state index in [-0.39, 0.29) is 6.42 Å². The number of halogens is 2. The van der Waals surface area contributed by atoms with Crippen LogP contribution in [0.15, 0.2) is 18.2 Å². The Hall–Kier alpha value is -1.57. The summed E-state index contributed by atoms with van der Waals surface area (Å²) in [6.07, 6.45) is 0.735. The lowest BCUT2D eigenvalue weighted by molar-refractivity contribution is 0.964. The summed E-state index contributed by atoms with van der Waals surface area (Å²) >= 11 is 11.9. The Bertz CT molecular complexity index is 571. The molecule has 1 N–H and O–H groups in total. The molecule has 0 atom stereocenters. The van der Waals surface area contributed by atoms with E-state index in [1.54, 1.807) is 12.1 Å². The summed E-state index contributed by atoms with van der Waals surface area (Å²) in [6, 6.07) is 7.29. The first-order chi connectivity index (χ1) is 8.19. The third-order valence-corrected chi connectivity index (χ3v) is 2.78. The summed E-state index contributed by atoms with van der Waals surface area (Å²) in [6.45, 7) is 0. The third kappa shape index (κ3) is 2.96. The summed E-state index contributed by atoms with van der Waals surface area (Å²) in [7, 11) is 0. The summed E-state index contributed by atoms with van der Waals surface area (Å²) in [5, 5.41) is 16.4. The Kier molecular flexibility index (Phi) is 3.62. The second-order valence-corrected chi connectivity index (χ2v) is 4.29. The first-order valence-electron chi connectivity index (χ1n) is 4.90. The van der Waals surface area contributed by atoms with Crippen LogP contribution in [0.3, 0.4) is 0 Å². The van der Waals surface area contributed by atoms with Gasteiger partial charge in [-0.25, -0.2) is 4.98 Å². The van der Waals surface area contributed by atoms with Crippen molar-refractivity contribution in [3.05, 3.63) is 45.5 Å². The predicted octanol–water partition coefficient (Wildman–Crippen LogP) is 2.77. The minimum atomic E-state index is 0.199. The molecule has 0 aliphatic rings. The van der Waals surface area contributed by atoms with Gasteiger partial charge in [0.05, 0.1) is 12.5 Å². The van der Waals surface area contributed by atoms with Crippen molar-refractivity contribution in [3.63, 3.8) is 0 Å². The molecule has 1 aromatic heterocycles. The maximum atomic E-state index is 8.51. The van der Waals surface area contributed by atoms with E-state index in [0.717, 1.165) is 5.56 Å². The molecule has 1 aromatic carbocycles. The molecule has 17 heavy (non-hydrogen) atoms. The third-order valence-electron chi connectivity index (χ3n) is 2.19. The SMILES string of the molecule is N#CCc1n[nH]c(Cc2ccc(Cl)cc2Cl)n1. The van der Waals surface area contributed by atoms with Crippen LogP contribution in [-0.2, 0) is 12.8 Å². The molecule has 0 unspecified atom stereocenters. The summed E-state index contributed by atoms with van der Waals surface area (Å²) in [5.41, 5.74) is 0.913. The Morgan fingerprint density at radius 2 is 2.18 bits per heavy atom. The molecule has 0 saturated carbocycles. The molecule has 4 nitrogen and oxygen atoms in total. The van der Waals surface area contributed by atoms with Gasteiger partial charge in [0.25, 0.3) is 0 Å². The summed E-state index contributed by atoms with van der Waals surface area (Å²) in [4.78, 5) is 4.18. The zero-order valence-electron chi connectivity index (χ0n) is 8.74. The van der Waals surface area contributed by atoms with Gasteiger partial charge >= 0.3 is 0 Å². The monoisotopic (exact) mass is 266 g/mol. The van der Waals surface area contributed by atoms with E-state index in [2.05, 4.69) is 15.2 Å². The minimum Gasteiger partial charge on any atom is -0.263 e. The van der Waals surface area contributed by atoms with E-state index in [4.69, 9.17) is 28.5 Å². The van der Waals surface area contributed by atoms with Crippen LogP contribution < -0.4 is 0 Å². The van der Waals surface area contributed by atoms with Crippen LogP contribution in [0.2, 0.25) is 10.0 Å². The lowest BCUT2D eigenvalue weighted by Crippen LogP contribution is -1.92. The number of benzene rings is 1. The van der Waals surface area contributed by atoms with Gasteiger partial charge < -0.3 is 0 Å². The lowest BCUT2D eigenvalue weighted by atomic mass is 10.1. The topological polar surface area (TPSA) is 65.4 Å². The molecular weight excluding hydrogens is 259 g/mol. The number of aromatic amines is 1. The smallest absolute Gasteiger partial charge is 0.164 e. The molecule has 2 rings (SSSR count). The van der Waals surface area contributed by atoms with Crippen molar-refractivity contribution in [3.8, 4) is 6.07 Å². The van der Waals surface area contributed by atoms with Crippen LogP contribution in [0.5, 0.6) is 0 Å². The molecule has 0 aliphatic carbocycles. The number of nitrogens with one attached hydrogen (secondary N) is 1. The fourth-order valence-corrected chi connectivity index (χ4v) is 1.88. The molecule has 0 amide bonds. The number of rotatable bonds is 3. The molecule has 0 spiro atoms.